The van der Waals surface area contributed by atoms with Crippen molar-refractivity contribution in [2.45, 2.75) is 38.4 Å². The van der Waals surface area contributed by atoms with Crippen LogP contribution in [0.1, 0.15) is 24.7 Å². The van der Waals surface area contributed by atoms with Crippen LogP contribution in [0, 0.1) is 0 Å². The van der Waals surface area contributed by atoms with Crippen LogP contribution in [-0.4, -0.2) is 67.0 Å². The molecule has 0 spiro atoms. The third kappa shape index (κ3) is 3.36. The molecule has 0 bridgehead atoms. The molecule has 2 fully saturated rings. The Morgan fingerprint density at radius 3 is 3.00 bits per heavy atom. The lowest BCUT2D eigenvalue weighted by Gasteiger charge is -2.31. The Kier molecular flexibility index (Phi) is 5.08. The number of hydrogen-bond donors (Lipinski definition) is 1. The van der Waals surface area contributed by atoms with Crippen molar-refractivity contribution in [3.63, 3.8) is 0 Å². The number of carbonyl (C=O) groups excluding carboxylic acids is 1. The van der Waals surface area contributed by atoms with Crippen molar-refractivity contribution in [2.24, 2.45) is 0 Å². The highest BCUT2D eigenvalue weighted by atomic mass is 35.5. The second-order valence-corrected chi connectivity index (χ2v) is 9.38. The Hall–Kier alpha value is -3.36. The number of urea groups is 1. The van der Waals surface area contributed by atoms with E-state index >= 15 is 0 Å². The number of hydrogen-bond acceptors (Lipinski definition) is 5. The van der Waals surface area contributed by atoms with Crippen LogP contribution in [0.4, 0.5) is 4.79 Å². The van der Waals surface area contributed by atoms with Crippen LogP contribution in [-0.2, 0) is 13.0 Å². The van der Waals surface area contributed by atoms with E-state index in [-0.39, 0.29) is 18.1 Å². The van der Waals surface area contributed by atoms with Gasteiger partial charge in [-0.3, -0.25) is 9.88 Å². The summed E-state index contributed by atoms with van der Waals surface area (Å²) in [5.74, 6) is 0. The van der Waals surface area contributed by atoms with Gasteiger partial charge >= 0.3 is 6.03 Å². The minimum atomic E-state index is -0.101. The van der Waals surface area contributed by atoms with Crippen molar-refractivity contribution >= 4 is 40.9 Å². The zero-order valence-electron chi connectivity index (χ0n) is 18.9. The Morgan fingerprint density at radius 2 is 2.15 bits per heavy atom. The van der Waals surface area contributed by atoms with Crippen molar-refractivity contribution in [3.8, 4) is 11.1 Å². The molecule has 9 heteroatoms. The van der Waals surface area contributed by atoms with E-state index in [1.807, 2.05) is 35.1 Å². The van der Waals surface area contributed by atoms with Crippen molar-refractivity contribution in [1.29, 1.82) is 0 Å². The lowest BCUT2D eigenvalue weighted by atomic mass is 10.0. The summed E-state index contributed by atoms with van der Waals surface area (Å²) in [6.07, 6.45) is 5.32. The number of likely N-dealkylation sites (tertiary alicyclic amines) is 1. The number of aromatic nitrogens is 4. The van der Waals surface area contributed by atoms with Gasteiger partial charge in [-0.2, -0.15) is 14.5 Å². The van der Waals surface area contributed by atoms with Crippen LogP contribution < -0.4 is 5.32 Å². The van der Waals surface area contributed by atoms with E-state index in [0.717, 1.165) is 65.0 Å². The van der Waals surface area contributed by atoms with Gasteiger partial charge in [0.05, 0.1) is 34.8 Å². The number of piperidine rings is 1. The second-order valence-electron chi connectivity index (χ2n) is 9.00. The van der Waals surface area contributed by atoms with Crippen LogP contribution >= 0.6 is 11.6 Å². The van der Waals surface area contributed by atoms with Gasteiger partial charge in [-0.15, -0.1) is 0 Å². The summed E-state index contributed by atoms with van der Waals surface area (Å²) in [5.41, 5.74) is 5.41. The fourth-order valence-electron chi connectivity index (χ4n) is 5.18. The van der Waals surface area contributed by atoms with E-state index in [1.165, 1.54) is 0 Å². The number of amides is 2. The Labute approximate surface area is 201 Å². The summed E-state index contributed by atoms with van der Waals surface area (Å²) < 4.78 is 3.42. The van der Waals surface area contributed by atoms with Gasteiger partial charge in [-0.25, -0.2) is 14.8 Å². The second kappa shape index (κ2) is 8.14. The largest absolute Gasteiger partial charge is 0.491 e. The molecule has 4 aromatic rings. The molecular formula is C25H25ClN7O+. The molecule has 2 amide bonds. The molecule has 34 heavy (non-hydrogen) atoms. The molecule has 2 aliphatic rings. The van der Waals surface area contributed by atoms with Crippen molar-refractivity contribution in [2.75, 3.05) is 13.1 Å². The number of rotatable bonds is 4. The zero-order valence-corrected chi connectivity index (χ0v) is 19.7. The number of benzene rings is 1. The van der Waals surface area contributed by atoms with Gasteiger partial charge < -0.3 is 0 Å². The molecular weight excluding hydrogens is 450 g/mol. The molecule has 6 rings (SSSR count). The van der Waals surface area contributed by atoms with Gasteiger partial charge in [0.15, 0.2) is 11.7 Å². The molecule has 1 aromatic carbocycles. The number of nitrogens with one attached hydrogen (secondary N) is 1. The predicted octanol–water partition coefficient (Wildman–Crippen LogP) is 3.54. The number of carbonyl (C=O) groups is 1. The highest BCUT2D eigenvalue weighted by Gasteiger charge is 2.46. The molecule has 8 nitrogen and oxygen atoms in total. The molecule has 3 aromatic heterocycles. The molecule has 0 radical (unpaired) electrons. The summed E-state index contributed by atoms with van der Waals surface area (Å²) in [7, 11) is 0. The number of pyridine rings is 1. The van der Waals surface area contributed by atoms with E-state index in [0.29, 0.717) is 11.6 Å². The summed E-state index contributed by atoms with van der Waals surface area (Å²) in [6.45, 7) is 8.17. The van der Waals surface area contributed by atoms with Crippen LogP contribution in [0.2, 0.25) is 5.02 Å². The number of fused-ring (bicyclic) bond motifs is 3. The van der Waals surface area contributed by atoms with E-state index in [2.05, 4.69) is 46.1 Å². The summed E-state index contributed by atoms with van der Waals surface area (Å²) in [5, 5.41) is 9.39. The highest BCUT2D eigenvalue weighted by molar-refractivity contribution is 6.31. The summed E-state index contributed by atoms with van der Waals surface area (Å²) in [4.78, 5) is 23.9. The average molecular weight is 475 g/mol. The third-order valence-corrected chi connectivity index (χ3v) is 7.42. The van der Waals surface area contributed by atoms with E-state index < -0.39 is 0 Å². The normalized spacial score (nSPS) is 20.8. The Balaban J connectivity index is 1.37. The van der Waals surface area contributed by atoms with Gasteiger partial charge in [-0.1, -0.05) is 36.7 Å². The molecule has 0 aliphatic carbocycles. The molecule has 2 atom stereocenters. The number of nitrogens with zero attached hydrogens (tertiary/aromatic N) is 6. The molecule has 2 aliphatic heterocycles. The monoisotopic (exact) mass is 474 g/mol. The first-order chi connectivity index (χ1) is 16.5. The number of halogens is 1. The first-order valence-corrected chi connectivity index (χ1v) is 11.9. The number of aryl methyl sites for hydroxylation is 1. The zero-order chi connectivity index (χ0) is 23.4. The third-order valence-electron chi connectivity index (χ3n) is 6.99. The van der Waals surface area contributed by atoms with E-state index in [9.17, 15) is 4.79 Å². The maximum Gasteiger partial charge on any atom is 0.491 e. The number of para-hydroxylation sites is 1. The molecule has 2 unspecified atom stereocenters. The van der Waals surface area contributed by atoms with Crippen LogP contribution in [0.25, 0.3) is 27.7 Å². The smallest absolute Gasteiger partial charge is 0.293 e. The molecule has 172 valence electrons. The lowest BCUT2D eigenvalue weighted by Crippen LogP contribution is -2.49. The van der Waals surface area contributed by atoms with Crippen LogP contribution in [0.5, 0.6) is 0 Å². The maximum atomic E-state index is 12.0. The van der Waals surface area contributed by atoms with Crippen LogP contribution in [0.15, 0.2) is 42.7 Å². The van der Waals surface area contributed by atoms with Gasteiger partial charge in [-0.05, 0) is 18.6 Å². The Morgan fingerprint density at radius 1 is 1.29 bits per heavy atom. The van der Waals surface area contributed by atoms with Crippen molar-refractivity contribution < 1.29 is 9.37 Å². The fourth-order valence-corrected chi connectivity index (χ4v) is 5.50. The first-order valence-electron chi connectivity index (χ1n) is 11.6. The SMILES string of the molecule is C=[N+]1C(=O)NC2CN(Cc3nc4c(-c5cnc6ccccc6c5)cnn4c(CC)c3Cl)CCC21. The molecule has 5 heterocycles. The minimum Gasteiger partial charge on any atom is -0.293 e. The lowest BCUT2D eigenvalue weighted by molar-refractivity contribution is -0.452. The van der Waals surface area contributed by atoms with E-state index in [4.69, 9.17) is 16.6 Å². The average Bonchev–Trinajstić information content (AvgIpc) is 3.39. The topological polar surface area (TPSA) is 78.4 Å². The standard InChI is InChI=1S/C25H24ClN7O/c1-3-21-23(26)20(14-32-9-8-22-19(13-32)30-25(34)31(22)2)29-24-17(12-28-33(21)24)16-10-15-6-4-5-7-18(15)27-11-16/h4-7,10-12,19,22H,2-3,8-9,13-14H2,1H3/p+1. The molecule has 1 N–H and O–H groups in total. The summed E-state index contributed by atoms with van der Waals surface area (Å²) >= 11 is 6.85. The molecule has 0 saturated carbocycles. The van der Waals surface area contributed by atoms with Crippen molar-refractivity contribution in [3.05, 3.63) is 59.1 Å². The van der Waals surface area contributed by atoms with Gasteiger partial charge in [0.2, 0.25) is 0 Å². The quantitative estimate of drug-likeness (QED) is 0.458. The predicted molar refractivity (Wildman–Crippen MR) is 131 cm³/mol. The van der Waals surface area contributed by atoms with Crippen molar-refractivity contribution in [1.82, 2.24) is 29.8 Å². The Bertz CT molecular complexity index is 1460. The van der Waals surface area contributed by atoms with Gasteiger partial charge in [0.1, 0.15) is 6.04 Å². The van der Waals surface area contributed by atoms with E-state index in [1.54, 1.807) is 4.58 Å². The highest BCUT2D eigenvalue weighted by Crippen LogP contribution is 2.31. The van der Waals surface area contributed by atoms with Crippen LogP contribution in [0.3, 0.4) is 0 Å². The molecule has 2 saturated heterocycles. The maximum absolute atomic E-state index is 12.0. The summed E-state index contributed by atoms with van der Waals surface area (Å²) in [6, 6.07) is 10.3. The fraction of sp³-hybridized carbons (Fsp3) is 0.320. The minimum absolute atomic E-state index is 0.0705. The van der Waals surface area contributed by atoms with Gasteiger partial charge in [0, 0.05) is 48.8 Å². The van der Waals surface area contributed by atoms with Gasteiger partial charge in [0.25, 0.3) is 0 Å². The first kappa shape index (κ1) is 21.2.